The molecule has 2 rings (SSSR count). The molecule has 0 unspecified atom stereocenters. The van der Waals surface area contributed by atoms with Crippen molar-refractivity contribution in [1.29, 1.82) is 0 Å². The molecule has 0 saturated carbocycles. The van der Waals surface area contributed by atoms with E-state index >= 15 is 0 Å². The summed E-state index contributed by atoms with van der Waals surface area (Å²) in [4.78, 5) is 10.8. The molecule has 5 heteroatoms. The molecule has 0 aliphatic heterocycles. The first kappa shape index (κ1) is 13.4. The van der Waals surface area contributed by atoms with Gasteiger partial charge in [0.15, 0.2) is 0 Å². The van der Waals surface area contributed by atoms with Gasteiger partial charge < -0.3 is 15.5 Å². The van der Waals surface area contributed by atoms with E-state index in [9.17, 15) is 9.90 Å². The van der Waals surface area contributed by atoms with E-state index in [0.29, 0.717) is 12.2 Å². The maximum atomic E-state index is 10.8. The zero-order chi connectivity index (χ0) is 13.8. The first-order valence-corrected chi connectivity index (χ1v) is 6.40. The van der Waals surface area contributed by atoms with Crippen molar-refractivity contribution in [3.05, 3.63) is 58.1 Å². The number of carboxylic acids is 1. The van der Waals surface area contributed by atoms with Crippen LogP contribution in [0.25, 0.3) is 0 Å². The van der Waals surface area contributed by atoms with Crippen LogP contribution in [0.5, 0.6) is 5.75 Å². The van der Waals surface area contributed by atoms with E-state index in [4.69, 9.17) is 5.11 Å². The first-order chi connectivity index (χ1) is 9.06. The monoisotopic (exact) mass is 321 g/mol. The van der Waals surface area contributed by atoms with Gasteiger partial charge in [0.05, 0.1) is 0 Å². The maximum absolute atomic E-state index is 10.8. The van der Waals surface area contributed by atoms with E-state index in [0.717, 1.165) is 10.0 Å². The molecule has 0 heterocycles. The maximum Gasteiger partial charge on any atom is 0.339 e. The summed E-state index contributed by atoms with van der Waals surface area (Å²) in [6, 6.07) is 12.3. The Morgan fingerprint density at radius 1 is 1.16 bits per heavy atom. The van der Waals surface area contributed by atoms with Crippen molar-refractivity contribution in [2.24, 2.45) is 0 Å². The van der Waals surface area contributed by atoms with Crippen molar-refractivity contribution in [3.63, 3.8) is 0 Å². The van der Waals surface area contributed by atoms with E-state index in [1.165, 1.54) is 12.1 Å². The third-order valence-corrected chi connectivity index (χ3v) is 3.17. The van der Waals surface area contributed by atoms with Gasteiger partial charge >= 0.3 is 5.97 Å². The second kappa shape index (κ2) is 5.75. The van der Waals surface area contributed by atoms with Gasteiger partial charge in [-0.25, -0.2) is 4.79 Å². The molecular weight excluding hydrogens is 310 g/mol. The molecule has 19 heavy (non-hydrogen) atoms. The lowest BCUT2D eigenvalue weighted by molar-refractivity contribution is 0.0694. The number of phenols is 1. The number of hydrogen-bond donors (Lipinski definition) is 3. The summed E-state index contributed by atoms with van der Waals surface area (Å²) in [5, 5.41) is 21.5. The lowest BCUT2D eigenvalue weighted by Gasteiger charge is -2.08. The third kappa shape index (κ3) is 3.48. The summed E-state index contributed by atoms with van der Waals surface area (Å²) in [7, 11) is 0. The number of rotatable bonds is 4. The van der Waals surface area contributed by atoms with E-state index in [1.54, 1.807) is 6.07 Å². The molecule has 0 aliphatic rings. The Kier molecular flexibility index (Phi) is 4.06. The van der Waals surface area contributed by atoms with Gasteiger partial charge in [-0.05, 0) is 29.8 Å². The van der Waals surface area contributed by atoms with E-state index < -0.39 is 5.97 Å². The zero-order valence-electron chi connectivity index (χ0n) is 9.93. The van der Waals surface area contributed by atoms with Crippen LogP contribution in [-0.4, -0.2) is 16.2 Å². The fourth-order valence-electron chi connectivity index (χ4n) is 1.63. The molecule has 0 atom stereocenters. The highest BCUT2D eigenvalue weighted by molar-refractivity contribution is 9.10. The second-order valence-corrected chi connectivity index (χ2v) is 4.93. The van der Waals surface area contributed by atoms with Crippen molar-refractivity contribution in [2.75, 3.05) is 5.32 Å². The summed E-state index contributed by atoms with van der Waals surface area (Å²) < 4.78 is 1.01. The number of nitrogens with one attached hydrogen (secondary N) is 1. The Morgan fingerprint density at radius 3 is 2.42 bits per heavy atom. The molecular formula is C14H12BrNO3. The van der Waals surface area contributed by atoms with E-state index in [-0.39, 0.29) is 11.3 Å². The Balaban J connectivity index is 2.06. The number of carboxylic acid groups (broad SMARTS) is 1. The van der Waals surface area contributed by atoms with Crippen LogP contribution >= 0.6 is 15.9 Å². The highest BCUT2D eigenvalue weighted by atomic mass is 79.9. The molecule has 0 aromatic heterocycles. The number of hydrogen-bond acceptors (Lipinski definition) is 3. The average molecular weight is 322 g/mol. The summed E-state index contributed by atoms with van der Waals surface area (Å²) in [6.45, 7) is 0.596. The van der Waals surface area contributed by atoms with Gasteiger partial charge in [-0.3, -0.25) is 0 Å². The van der Waals surface area contributed by atoms with Crippen molar-refractivity contribution in [3.8, 4) is 5.75 Å². The Hall–Kier alpha value is -2.01. The van der Waals surface area contributed by atoms with Crippen LogP contribution in [0.2, 0.25) is 0 Å². The molecule has 0 spiro atoms. The number of aromatic carboxylic acids is 1. The van der Waals surface area contributed by atoms with Gasteiger partial charge in [0.2, 0.25) is 0 Å². The molecule has 0 aliphatic carbocycles. The summed E-state index contributed by atoms with van der Waals surface area (Å²) >= 11 is 3.36. The molecule has 2 aromatic rings. The SMILES string of the molecule is O=C(O)c1ccc(NCc2ccc(Br)cc2)cc1O. The largest absolute Gasteiger partial charge is 0.507 e. The fraction of sp³-hybridized carbons (Fsp3) is 0.0714. The Morgan fingerprint density at radius 2 is 1.84 bits per heavy atom. The van der Waals surface area contributed by atoms with Crippen molar-refractivity contribution in [1.82, 2.24) is 0 Å². The number of halogens is 1. The number of anilines is 1. The molecule has 0 radical (unpaired) electrons. The average Bonchev–Trinajstić information content (AvgIpc) is 2.37. The standard InChI is InChI=1S/C14H12BrNO3/c15-10-3-1-9(2-4-10)8-16-11-5-6-12(14(18)19)13(17)7-11/h1-7,16-17H,8H2,(H,18,19). The van der Waals surface area contributed by atoms with Crippen LogP contribution in [0, 0.1) is 0 Å². The van der Waals surface area contributed by atoms with Crippen molar-refractivity contribution < 1.29 is 15.0 Å². The van der Waals surface area contributed by atoms with E-state index in [2.05, 4.69) is 21.2 Å². The first-order valence-electron chi connectivity index (χ1n) is 5.61. The lowest BCUT2D eigenvalue weighted by atomic mass is 10.1. The van der Waals surface area contributed by atoms with Gasteiger partial charge in [0.25, 0.3) is 0 Å². The van der Waals surface area contributed by atoms with Crippen LogP contribution in [-0.2, 0) is 6.54 Å². The molecule has 3 N–H and O–H groups in total. The molecule has 0 saturated heterocycles. The third-order valence-electron chi connectivity index (χ3n) is 2.64. The topological polar surface area (TPSA) is 69.6 Å². The number of aromatic hydroxyl groups is 1. The van der Waals surface area contributed by atoms with Crippen LogP contribution in [0.3, 0.4) is 0 Å². The second-order valence-electron chi connectivity index (χ2n) is 4.02. The normalized spacial score (nSPS) is 10.2. The van der Waals surface area contributed by atoms with Gasteiger partial charge in [-0.1, -0.05) is 28.1 Å². The zero-order valence-corrected chi connectivity index (χ0v) is 11.5. The molecule has 2 aromatic carbocycles. The predicted molar refractivity (Wildman–Crippen MR) is 76.5 cm³/mol. The van der Waals surface area contributed by atoms with Crippen LogP contribution in [0.15, 0.2) is 46.9 Å². The lowest BCUT2D eigenvalue weighted by Crippen LogP contribution is -2.01. The quantitative estimate of drug-likeness (QED) is 0.806. The van der Waals surface area contributed by atoms with Crippen molar-refractivity contribution >= 4 is 27.6 Å². The van der Waals surface area contributed by atoms with Crippen LogP contribution in [0.1, 0.15) is 15.9 Å². The van der Waals surface area contributed by atoms with Gasteiger partial charge in [-0.2, -0.15) is 0 Å². The number of benzene rings is 2. The highest BCUT2D eigenvalue weighted by Crippen LogP contribution is 2.22. The fourth-order valence-corrected chi connectivity index (χ4v) is 1.89. The summed E-state index contributed by atoms with van der Waals surface area (Å²) in [6.07, 6.45) is 0. The number of carbonyl (C=O) groups is 1. The molecule has 0 amide bonds. The summed E-state index contributed by atoms with van der Waals surface area (Å²) in [5.74, 6) is -1.38. The highest BCUT2D eigenvalue weighted by Gasteiger charge is 2.09. The van der Waals surface area contributed by atoms with Crippen molar-refractivity contribution in [2.45, 2.75) is 6.54 Å². The van der Waals surface area contributed by atoms with Gasteiger partial charge in [0, 0.05) is 22.8 Å². The minimum atomic E-state index is -1.14. The molecule has 0 fully saturated rings. The Labute approximate surface area is 118 Å². The smallest absolute Gasteiger partial charge is 0.339 e. The minimum absolute atomic E-state index is 0.103. The Bertz CT molecular complexity index is 596. The van der Waals surface area contributed by atoms with E-state index in [1.807, 2.05) is 24.3 Å². The molecule has 98 valence electrons. The van der Waals surface area contributed by atoms with Gasteiger partial charge in [-0.15, -0.1) is 0 Å². The molecule has 0 bridgehead atoms. The predicted octanol–water partition coefficient (Wildman–Crippen LogP) is 3.47. The molecule has 4 nitrogen and oxygen atoms in total. The van der Waals surface area contributed by atoms with Crippen LogP contribution < -0.4 is 5.32 Å². The minimum Gasteiger partial charge on any atom is -0.507 e. The summed E-state index contributed by atoms with van der Waals surface area (Å²) in [5.41, 5.74) is 1.66. The van der Waals surface area contributed by atoms with Crippen LogP contribution in [0.4, 0.5) is 5.69 Å². The van der Waals surface area contributed by atoms with Gasteiger partial charge in [0.1, 0.15) is 11.3 Å².